The molecule has 1 atom stereocenters. The standard InChI is InChI=1S/C30H31N9/c1-28(2,15-31)25-7-22(6-23(8-25)13-38-20-34-18-36-38)12-30(5,17-33)27-10-24(14-39-21-35-19-37-39)9-26(11-27)29(3,4)16-32/h6-11,18-21H,12-14H2,1-5H3/t30-/m0/s1. The van der Waals surface area contributed by atoms with Gasteiger partial charge in [0.25, 0.3) is 0 Å². The number of hydrogen-bond acceptors (Lipinski definition) is 7. The Labute approximate surface area is 229 Å². The fourth-order valence-electron chi connectivity index (χ4n) is 4.53. The van der Waals surface area contributed by atoms with E-state index in [-0.39, 0.29) is 0 Å². The molecule has 4 rings (SSSR count). The van der Waals surface area contributed by atoms with E-state index in [0.29, 0.717) is 19.5 Å². The van der Waals surface area contributed by atoms with Crippen LogP contribution in [0.15, 0.2) is 61.7 Å². The molecule has 0 amide bonds. The fraction of sp³-hybridized carbons (Fsp3) is 0.367. The zero-order valence-electron chi connectivity index (χ0n) is 22.9. The van der Waals surface area contributed by atoms with E-state index in [2.05, 4.69) is 44.4 Å². The van der Waals surface area contributed by atoms with E-state index >= 15 is 0 Å². The molecule has 0 N–H and O–H groups in total. The van der Waals surface area contributed by atoms with Gasteiger partial charge in [-0.2, -0.15) is 26.0 Å². The lowest BCUT2D eigenvalue weighted by Gasteiger charge is -2.27. The number of benzene rings is 2. The minimum atomic E-state index is -0.904. The van der Waals surface area contributed by atoms with Gasteiger partial charge in [0.2, 0.25) is 0 Å². The second-order valence-corrected chi connectivity index (χ2v) is 11.2. The topological polar surface area (TPSA) is 133 Å². The molecule has 196 valence electrons. The summed E-state index contributed by atoms with van der Waals surface area (Å²) in [6.07, 6.45) is 6.69. The number of rotatable bonds is 9. The van der Waals surface area contributed by atoms with Crippen LogP contribution < -0.4 is 0 Å². The molecule has 0 bridgehead atoms. The van der Waals surface area contributed by atoms with Crippen molar-refractivity contribution in [2.75, 3.05) is 0 Å². The maximum absolute atomic E-state index is 10.5. The van der Waals surface area contributed by atoms with Crippen LogP contribution in [0, 0.1) is 34.0 Å². The van der Waals surface area contributed by atoms with Gasteiger partial charge >= 0.3 is 0 Å². The van der Waals surface area contributed by atoms with Crippen LogP contribution in [0.5, 0.6) is 0 Å². The fourth-order valence-corrected chi connectivity index (χ4v) is 4.53. The molecule has 9 heteroatoms. The number of nitrogens with zero attached hydrogens (tertiary/aromatic N) is 9. The lowest BCUT2D eigenvalue weighted by molar-refractivity contribution is 0.592. The molecular formula is C30H31N9. The molecule has 0 saturated carbocycles. The molecule has 0 unspecified atom stereocenters. The average molecular weight is 518 g/mol. The van der Waals surface area contributed by atoms with E-state index in [4.69, 9.17) is 0 Å². The summed E-state index contributed by atoms with van der Waals surface area (Å²) in [6, 6.07) is 19.4. The van der Waals surface area contributed by atoms with Crippen LogP contribution in [0.1, 0.15) is 68.0 Å². The van der Waals surface area contributed by atoms with Gasteiger partial charge in [0.15, 0.2) is 0 Å². The maximum atomic E-state index is 10.5. The molecule has 0 aliphatic heterocycles. The van der Waals surface area contributed by atoms with Gasteiger partial charge in [0.05, 0.1) is 47.5 Å². The monoisotopic (exact) mass is 517 g/mol. The van der Waals surface area contributed by atoms with Gasteiger partial charge in [-0.25, -0.2) is 19.3 Å². The average Bonchev–Trinajstić information content (AvgIpc) is 3.63. The van der Waals surface area contributed by atoms with E-state index in [0.717, 1.165) is 33.4 Å². The van der Waals surface area contributed by atoms with Crippen molar-refractivity contribution in [2.45, 2.75) is 70.4 Å². The quantitative estimate of drug-likeness (QED) is 0.317. The van der Waals surface area contributed by atoms with Crippen molar-refractivity contribution in [3.05, 3.63) is 95.1 Å². The van der Waals surface area contributed by atoms with Crippen molar-refractivity contribution < 1.29 is 0 Å². The Morgan fingerprint density at radius 2 is 1.08 bits per heavy atom. The predicted molar refractivity (Wildman–Crippen MR) is 145 cm³/mol. The Morgan fingerprint density at radius 3 is 1.54 bits per heavy atom. The molecule has 0 radical (unpaired) electrons. The smallest absolute Gasteiger partial charge is 0.137 e. The minimum Gasteiger partial charge on any atom is -0.249 e. The second kappa shape index (κ2) is 10.5. The summed E-state index contributed by atoms with van der Waals surface area (Å²) in [5, 5.41) is 38.7. The van der Waals surface area contributed by atoms with Crippen molar-refractivity contribution in [3.8, 4) is 18.2 Å². The zero-order chi connectivity index (χ0) is 28.3. The van der Waals surface area contributed by atoms with Gasteiger partial charge in [0.1, 0.15) is 25.3 Å². The third-order valence-corrected chi connectivity index (χ3v) is 7.11. The van der Waals surface area contributed by atoms with Crippen LogP contribution in [0.4, 0.5) is 0 Å². The van der Waals surface area contributed by atoms with Crippen LogP contribution in [-0.2, 0) is 35.8 Å². The third-order valence-electron chi connectivity index (χ3n) is 7.11. The molecule has 0 aliphatic carbocycles. The molecule has 4 aromatic rings. The Balaban J connectivity index is 1.80. The Hall–Kier alpha value is -4.81. The molecule has 0 fully saturated rings. The van der Waals surface area contributed by atoms with Gasteiger partial charge in [-0.1, -0.05) is 36.4 Å². The molecule has 0 spiro atoms. The summed E-state index contributed by atoms with van der Waals surface area (Å²) in [5.41, 5.74) is 3.03. The second-order valence-electron chi connectivity index (χ2n) is 11.2. The van der Waals surface area contributed by atoms with Gasteiger partial charge in [0, 0.05) is 0 Å². The summed E-state index contributed by atoms with van der Waals surface area (Å²) in [5.74, 6) is 0. The van der Waals surface area contributed by atoms with E-state index in [1.54, 1.807) is 22.0 Å². The Kier molecular flexibility index (Phi) is 7.34. The summed E-state index contributed by atoms with van der Waals surface area (Å²) in [4.78, 5) is 8.07. The van der Waals surface area contributed by atoms with Crippen molar-refractivity contribution in [1.82, 2.24) is 29.5 Å². The molecule has 2 aromatic heterocycles. The number of nitriles is 3. The van der Waals surface area contributed by atoms with E-state index < -0.39 is 16.2 Å². The Bertz CT molecular complexity index is 1580. The molecule has 0 aliphatic rings. The molecular weight excluding hydrogens is 486 g/mol. The molecule has 9 nitrogen and oxygen atoms in total. The number of aromatic nitrogens is 6. The summed E-state index contributed by atoms with van der Waals surface area (Å²) in [6.45, 7) is 10.4. The van der Waals surface area contributed by atoms with Crippen LogP contribution in [0.3, 0.4) is 0 Å². The van der Waals surface area contributed by atoms with Crippen molar-refractivity contribution >= 4 is 0 Å². The highest BCUT2D eigenvalue weighted by Gasteiger charge is 2.31. The van der Waals surface area contributed by atoms with E-state index in [1.165, 1.54) is 12.7 Å². The molecule has 39 heavy (non-hydrogen) atoms. The predicted octanol–water partition coefficient (Wildman–Crippen LogP) is 4.59. The van der Waals surface area contributed by atoms with Crippen LogP contribution in [0.2, 0.25) is 0 Å². The zero-order valence-corrected chi connectivity index (χ0v) is 22.9. The lowest BCUT2D eigenvalue weighted by atomic mass is 9.74. The minimum absolute atomic E-state index is 0.419. The summed E-state index contributed by atoms with van der Waals surface area (Å²) in [7, 11) is 0. The molecule has 0 saturated heterocycles. The van der Waals surface area contributed by atoms with Crippen molar-refractivity contribution in [1.29, 1.82) is 15.8 Å². The first-order chi connectivity index (χ1) is 18.5. The summed E-state index contributed by atoms with van der Waals surface area (Å²) >= 11 is 0. The first-order valence-corrected chi connectivity index (χ1v) is 12.6. The molecule has 2 aromatic carbocycles. The van der Waals surface area contributed by atoms with Crippen LogP contribution in [0.25, 0.3) is 0 Å². The summed E-state index contributed by atoms with van der Waals surface area (Å²) < 4.78 is 3.45. The normalized spacial score (nSPS) is 13.2. The highest BCUT2D eigenvalue weighted by Crippen LogP contribution is 2.35. The number of hydrogen-bond donors (Lipinski definition) is 0. The first-order valence-electron chi connectivity index (χ1n) is 12.6. The van der Waals surface area contributed by atoms with Crippen LogP contribution >= 0.6 is 0 Å². The van der Waals surface area contributed by atoms with E-state index in [1.807, 2.05) is 65.0 Å². The highest BCUT2D eigenvalue weighted by molar-refractivity contribution is 5.46. The largest absolute Gasteiger partial charge is 0.249 e. The Morgan fingerprint density at radius 1 is 0.615 bits per heavy atom. The van der Waals surface area contributed by atoms with Crippen molar-refractivity contribution in [3.63, 3.8) is 0 Å². The van der Waals surface area contributed by atoms with Crippen LogP contribution in [-0.4, -0.2) is 29.5 Å². The van der Waals surface area contributed by atoms with E-state index in [9.17, 15) is 15.8 Å². The van der Waals surface area contributed by atoms with Gasteiger partial charge in [-0.3, -0.25) is 0 Å². The third kappa shape index (κ3) is 6.03. The lowest BCUT2D eigenvalue weighted by Crippen LogP contribution is -2.26. The highest BCUT2D eigenvalue weighted by atomic mass is 15.3. The van der Waals surface area contributed by atoms with Gasteiger partial charge < -0.3 is 0 Å². The van der Waals surface area contributed by atoms with Gasteiger partial charge in [-0.05, 0) is 74.4 Å². The van der Waals surface area contributed by atoms with Crippen molar-refractivity contribution in [2.24, 2.45) is 0 Å². The van der Waals surface area contributed by atoms with Gasteiger partial charge in [-0.15, -0.1) is 0 Å². The maximum Gasteiger partial charge on any atom is 0.137 e. The molecule has 2 heterocycles. The SMILES string of the molecule is CC(C)(C#N)c1cc(Cn2cncn2)cc(C[C@@](C)(C#N)c2cc(Cn3cncn3)cc(C(C)(C)C#N)c2)c1. The first kappa shape index (κ1) is 27.2.